The highest BCUT2D eigenvalue weighted by Crippen LogP contribution is 2.40. The number of ether oxygens (including phenoxy) is 3. The molecule has 0 bridgehead atoms. The van der Waals surface area contributed by atoms with Crippen LogP contribution in [0.4, 0.5) is 5.13 Å². The van der Waals surface area contributed by atoms with Crippen LogP contribution in [0.25, 0.3) is 6.08 Å². The standard InChI is InChI=1S/C25H22ClN3O5S3/c1-32-18-8-14(9-19(33-2)22(18)34-3)10-20-23(31)29(25(35)37-20)13-21(30)28-24-27-12-16(36-24)11-15-6-4-5-7-17(15)26/h4-10,12H,11,13H2,1-3H3,(H,27,28,30). The van der Waals surface area contributed by atoms with Crippen molar-refractivity contribution in [2.24, 2.45) is 0 Å². The van der Waals surface area contributed by atoms with Gasteiger partial charge in [0.25, 0.3) is 5.91 Å². The molecule has 8 nitrogen and oxygen atoms in total. The monoisotopic (exact) mass is 575 g/mol. The lowest BCUT2D eigenvalue weighted by atomic mass is 10.1. The molecule has 0 saturated carbocycles. The predicted octanol–water partition coefficient (Wildman–Crippen LogP) is 5.25. The van der Waals surface area contributed by atoms with E-state index in [2.05, 4.69) is 10.3 Å². The summed E-state index contributed by atoms with van der Waals surface area (Å²) in [6.45, 7) is -0.226. The molecule has 2 amide bonds. The molecule has 12 heteroatoms. The molecule has 1 aromatic heterocycles. The molecule has 0 spiro atoms. The normalized spacial score (nSPS) is 14.3. The number of benzene rings is 2. The molecule has 1 aliphatic rings. The molecule has 192 valence electrons. The molecule has 0 atom stereocenters. The van der Waals surface area contributed by atoms with Crippen molar-refractivity contribution in [2.75, 3.05) is 33.2 Å². The van der Waals surface area contributed by atoms with Gasteiger partial charge in [0.1, 0.15) is 10.9 Å². The van der Waals surface area contributed by atoms with Crippen molar-refractivity contribution in [3.05, 3.63) is 68.5 Å². The van der Waals surface area contributed by atoms with Crippen LogP contribution in [0, 0.1) is 0 Å². The zero-order valence-electron chi connectivity index (χ0n) is 20.1. The number of hydrogen-bond donors (Lipinski definition) is 1. The quantitative estimate of drug-likeness (QED) is 0.273. The zero-order chi connectivity index (χ0) is 26.5. The number of hydrogen-bond acceptors (Lipinski definition) is 9. The van der Waals surface area contributed by atoms with Crippen LogP contribution in [-0.2, 0) is 16.0 Å². The van der Waals surface area contributed by atoms with E-state index < -0.39 is 5.91 Å². The summed E-state index contributed by atoms with van der Waals surface area (Å²) in [5.74, 6) is 0.602. The van der Waals surface area contributed by atoms with E-state index in [0.29, 0.717) is 44.3 Å². The summed E-state index contributed by atoms with van der Waals surface area (Å²) in [6, 6.07) is 11.0. The van der Waals surface area contributed by atoms with E-state index in [0.717, 1.165) is 22.2 Å². The average molecular weight is 576 g/mol. The highest BCUT2D eigenvalue weighted by molar-refractivity contribution is 8.26. The number of nitrogens with one attached hydrogen (secondary N) is 1. The summed E-state index contributed by atoms with van der Waals surface area (Å²) in [5, 5.41) is 3.86. The molecular weight excluding hydrogens is 554 g/mol. The van der Waals surface area contributed by atoms with Crippen LogP contribution in [0.1, 0.15) is 16.0 Å². The van der Waals surface area contributed by atoms with Gasteiger partial charge < -0.3 is 19.5 Å². The highest BCUT2D eigenvalue weighted by Gasteiger charge is 2.33. The predicted molar refractivity (Wildman–Crippen MR) is 151 cm³/mol. The van der Waals surface area contributed by atoms with Crippen LogP contribution in [0.2, 0.25) is 5.02 Å². The van der Waals surface area contributed by atoms with E-state index in [9.17, 15) is 9.59 Å². The fraction of sp³-hybridized carbons (Fsp3) is 0.200. The van der Waals surface area contributed by atoms with Gasteiger partial charge in [-0.15, -0.1) is 11.3 Å². The van der Waals surface area contributed by atoms with Crippen molar-refractivity contribution < 1.29 is 23.8 Å². The number of thiazole rings is 1. The minimum atomic E-state index is -0.399. The molecule has 1 aliphatic heterocycles. The van der Waals surface area contributed by atoms with E-state index >= 15 is 0 Å². The van der Waals surface area contributed by atoms with Crippen molar-refractivity contribution in [1.82, 2.24) is 9.88 Å². The van der Waals surface area contributed by atoms with Crippen LogP contribution >= 0.6 is 46.9 Å². The lowest BCUT2D eigenvalue weighted by molar-refractivity contribution is -0.126. The Morgan fingerprint density at radius 2 is 1.86 bits per heavy atom. The molecule has 1 N–H and O–H groups in total. The van der Waals surface area contributed by atoms with Crippen molar-refractivity contribution in [1.29, 1.82) is 0 Å². The summed E-state index contributed by atoms with van der Waals surface area (Å²) in [6.07, 6.45) is 3.97. The van der Waals surface area contributed by atoms with Gasteiger partial charge >= 0.3 is 0 Å². The second-order valence-electron chi connectivity index (χ2n) is 7.67. The molecule has 3 aromatic rings. The molecule has 37 heavy (non-hydrogen) atoms. The average Bonchev–Trinajstić information content (AvgIpc) is 3.43. The lowest BCUT2D eigenvalue weighted by Gasteiger charge is -2.13. The van der Waals surface area contributed by atoms with E-state index in [4.69, 9.17) is 38.0 Å². The van der Waals surface area contributed by atoms with Gasteiger partial charge in [0.05, 0.1) is 26.2 Å². The fourth-order valence-electron chi connectivity index (χ4n) is 3.55. The van der Waals surface area contributed by atoms with E-state index in [1.54, 1.807) is 24.4 Å². The molecule has 1 saturated heterocycles. The number of thioether (sulfide) groups is 1. The number of carbonyl (C=O) groups is 2. The van der Waals surface area contributed by atoms with Gasteiger partial charge in [0.15, 0.2) is 16.6 Å². The summed E-state index contributed by atoms with van der Waals surface area (Å²) >= 11 is 14.1. The number of halogens is 1. The second-order valence-corrected chi connectivity index (χ2v) is 10.9. The number of rotatable bonds is 9. The first-order chi connectivity index (χ1) is 17.8. The third kappa shape index (κ3) is 6.24. The Hall–Kier alpha value is -3.12. The third-order valence-electron chi connectivity index (χ3n) is 5.28. The molecule has 0 unspecified atom stereocenters. The zero-order valence-corrected chi connectivity index (χ0v) is 23.3. The number of amides is 2. The van der Waals surface area contributed by atoms with Crippen LogP contribution in [0.15, 0.2) is 47.5 Å². The maximum atomic E-state index is 13.0. The first-order valence-corrected chi connectivity index (χ1v) is 13.3. The number of methoxy groups -OCH3 is 3. The van der Waals surface area contributed by atoms with Crippen LogP contribution < -0.4 is 19.5 Å². The molecule has 1 fully saturated rings. The fourth-order valence-corrected chi connectivity index (χ4v) is 5.86. The Bertz CT molecular complexity index is 1370. The molecule has 0 radical (unpaired) electrons. The van der Waals surface area contributed by atoms with Crippen molar-refractivity contribution >= 4 is 74.3 Å². The van der Waals surface area contributed by atoms with Gasteiger partial charge in [0, 0.05) is 22.5 Å². The molecule has 0 aliphatic carbocycles. The summed E-state index contributed by atoms with van der Waals surface area (Å²) < 4.78 is 16.4. The number of carbonyl (C=O) groups excluding carboxylic acids is 2. The minimum absolute atomic E-state index is 0.226. The summed E-state index contributed by atoms with van der Waals surface area (Å²) in [5.41, 5.74) is 1.63. The van der Waals surface area contributed by atoms with Gasteiger partial charge in [-0.3, -0.25) is 14.5 Å². The van der Waals surface area contributed by atoms with Crippen molar-refractivity contribution in [2.45, 2.75) is 6.42 Å². The van der Waals surface area contributed by atoms with Gasteiger partial charge in [-0.05, 0) is 35.4 Å². The summed E-state index contributed by atoms with van der Waals surface area (Å²) in [7, 11) is 4.55. The Kier molecular flexibility index (Phi) is 8.70. The largest absolute Gasteiger partial charge is 0.493 e. The van der Waals surface area contributed by atoms with Crippen molar-refractivity contribution in [3.8, 4) is 17.2 Å². The Labute approximate surface area is 232 Å². The number of thiocarbonyl (C=S) groups is 1. The van der Waals surface area contributed by atoms with Gasteiger partial charge in [-0.1, -0.05) is 53.8 Å². The molecule has 2 aromatic carbocycles. The number of aromatic nitrogens is 1. The SMILES string of the molecule is COc1cc(C=C2SC(=S)N(CC(=O)Nc3ncc(Cc4ccccc4Cl)s3)C2=O)cc(OC)c1OC. The topological polar surface area (TPSA) is 90.0 Å². The van der Waals surface area contributed by atoms with Crippen LogP contribution in [0.3, 0.4) is 0 Å². The van der Waals surface area contributed by atoms with Gasteiger partial charge in [-0.2, -0.15) is 0 Å². The third-order valence-corrected chi connectivity index (χ3v) is 7.94. The second kappa shape index (κ2) is 12.0. The van der Waals surface area contributed by atoms with Crippen LogP contribution in [-0.4, -0.2) is 53.9 Å². The van der Waals surface area contributed by atoms with E-state index in [-0.39, 0.29) is 16.8 Å². The van der Waals surface area contributed by atoms with E-state index in [1.807, 2.05) is 24.3 Å². The van der Waals surface area contributed by atoms with Gasteiger partial charge in [-0.25, -0.2) is 4.98 Å². The first kappa shape index (κ1) is 26.9. The Balaban J connectivity index is 1.42. The first-order valence-electron chi connectivity index (χ1n) is 10.9. The van der Waals surface area contributed by atoms with E-state index in [1.165, 1.54) is 37.6 Å². The molecule has 4 rings (SSSR count). The smallest absolute Gasteiger partial charge is 0.266 e. The minimum Gasteiger partial charge on any atom is -0.493 e. The van der Waals surface area contributed by atoms with Crippen molar-refractivity contribution in [3.63, 3.8) is 0 Å². The molecular formula is C25H22ClN3O5S3. The number of nitrogens with zero attached hydrogens (tertiary/aromatic N) is 2. The Morgan fingerprint density at radius 1 is 1.16 bits per heavy atom. The van der Waals surface area contributed by atoms with Gasteiger partial charge in [0.2, 0.25) is 11.7 Å². The maximum Gasteiger partial charge on any atom is 0.266 e. The summed E-state index contributed by atoms with van der Waals surface area (Å²) in [4.78, 5) is 32.6. The number of anilines is 1. The maximum absolute atomic E-state index is 13.0. The molecule has 2 heterocycles. The Morgan fingerprint density at radius 3 is 2.51 bits per heavy atom. The van der Waals surface area contributed by atoms with Crippen LogP contribution in [0.5, 0.6) is 17.2 Å². The lowest BCUT2D eigenvalue weighted by Crippen LogP contribution is -2.36. The highest BCUT2D eigenvalue weighted by atomic mass is 35.5.